The molecule has 1 N–H and O–H groups in total. The lowest BCUT2D eigenvalue weighted by Gasteiger charge is -2.27. The number of nitrogens with one attached hydrogen (secondary N) is 1. The number of benzene rings is 1. The molecule has 0 aliphatic heterocycles. The largest absolute Gasteiger partial charge is 0.484 e. The third-order valence-corrected chi connectivity index (χ3v) is 3.04. The van der Waals surface area contributed by atoms with Crippen LogP contribution < -0.4 is 10.1 Å². The number of carbonyl (C=O) groups is 1. The number of rotatable bonds is 8. The van der Waals surface area contributed by atoms with Gasteiger partial charge in [0.1, 0.15) is 11.4 Å². The van der Waals surface area contributed by atoms with Gasteiger partial charge in [-0.25, -0.2) is 0 Å². The zero-order chi connectivity index (χ0) is 15.0. The minimum Gasteiger partial charge on any atom is -0.484 e. The lowest BCUT2D eigenvalue weighted by molar-refractivity contribution is -0.125. The SMILES string of the molecule is COC[C@@](C)(CNC(=O)COc1ccc(Cl)cc1)OC. The van der Waals surface area contributed by atoms with Crippen LogP contribution in [-0.4, -0.2) is 45.5 Å². The van der Waals surface area contributed by atoms with Gasteiger partial charge in [-0.05, 0) is 31.2 Å². The summed E-state index contributed by atoms with van der Waals surface area (Å²) < 4.78 is 15.7. The molecule has 0 saturated carbocycles. The fourth-order valence-corrected chi connectivity index (χ4v) is 1.63. The van der Waals surface area contributed by atoms with Crippen molar-refractivity contribution in [1.29, 1.82) is 0 Å². The fourth-order valence-electron chi connectivity index (χ4n) is 1.50. The van der Waals surface area contributed by atoms with Gasteiger partial charge in [-0.2, -0.15) is 0 Å². The number of amides is 1. The third kappa shape index (κ3) is 5.77. The quantitative estimate of drug-likeness (QED) is 0.796. The number of hydrogen-bond acceptors (Lipinski definition) is 4. The molecule has 20 heavy (non-hydrogen) atoms. The molecule has 0 aliphatic rings. The topological polar surface area (TPSA) is 56.8 Å². The maximum Gasteiger partial charge on any atom is 0.258 e. The van der Waals surface area contributed by atoms with Gasteiger partial charge in [0.25, 0.3) is 5.91 Å². The Labute approximate surface area is 124 Å². The second-order valence-corrected chi connectivity index (χ2v) is 5.04. The molecule has 0 saturated heterocycles. The molecule has 0 bridgehead atoms. The molecule has 0 heterocycles. The van der Waals surface area contributed by atoms with Crippen molar-refractivity contribution in [3.8, 4) is 5.75 Å². The molecular weight excluding hydrogens is 282 g/mol. The Morgan fingerprint density at radius 1 is 1.30 bits per heavy atom. The predicted octanol–water partition coefficient (Wildman–Crippen LogP) is 1.89. The van der Waals surface area contributed by atoms with Gasteiger partial charge in [0.05, 0.1) is 6.61 Å². The maximum absolute atomic E-state index is 11.7. The number of ether oxygens (including phenoxy) is 3. The normalized spacial score (nSPS) is 13.6. The van der Waals surface area contributed by atoms with E-state index < -0.39 is 5.60 Å². The van der Waals surface area contributed by atoms with Crippen LogP contribution in [0.2, 0.25) is 5.02 Å². The van der Waals surface area contributed by atoms with Crippen LogP contribution >= 0.6 is 11.6 Å². The predicted molar refractivity (Wildman–Crippen MR) is 77.2 cm³/mol. The Kier molecular flexibility index (Phi) is 6.78. The number of carbonyl (C=O) groups excluding carboxylic acids is 1. The fraction of sp³-hybridized carbons (Fsp3) is 0.500. The summed E-state index contributed by atoms with van der Waals surface area (Å²) in [5.41, 5.74) is -0.551. The van der Waals surface area contributed by atoms with Gasteiger partial charge >= 0.3 is 0 Å². The van der Waals surface area contributed by atoms with Gasteiger partial charge in [0, 0.05) is 25.8 Å². The van der Waals surface area contributed by atoms with Gasteiger partial charge in [-0.3, -0.25) is 4.79 Å². The first-order valence-electron chi connectivity index (χ1n) is 6.18. The van der Waals surface area contributed by atoms with Gasteiger partial charge in [-0.15, -0.1) is 0 Å². The van der Waals surface area contributed by atoms with E-state index in [9.17, 15) is 4.79 Å². The smallest absolute Gasteiger partial charge is 0.258 e. The first-order chi connectivity index (χ1) is 9.49. The monoisotopic (exact) mass is 301 g/mol. The highest BCUT2D eigenvalue weighted by molar-refractivity contribution is 6.30. The first-order valence-corrected chi connectivity index (χ1v) is 6.56. The molecule has 5 nitrogen and oxygen atoms in total. The van der Waals surface area contributed by atoms with Crippen molar-refractivity contribution in [3.63, 3.8) is 0 Å². The van der Waals surface area contributed by atoms with Crippen LogP contribution in [-0.2, 0) is 14.3 Å². The highest BCUT2D eigenvalue weighted by atomic mass is 35.5. The van der Waals surface area contributed by atoms with Crippen molar-refractivity contribution in [3.05, 3.63) is 29.3 Å². The van der Waals surface area contributed by atoms with E-state index in [-0.39, 0.29) is 12.5 Å². The Balaban J connectivity index is 2.35. The summed E-state index contributed by atoms with van der Waals surface area (Å²) in [6, 6.07) is 6.82. The zero-order valence-corrected chi connectivity index (χ0v) is 12.7. The van der Waals surface area contributed by atoms with Crippen molar-refractivity contribution in [2.75, 3.05) is 34.0 Å². The molecule has 0 spiro atoms. The average molecular weight is 302 g/mol. The zero-order valence-electron chi connectivity index (χ0n) is 11.9. The second kappa shape index (κ2) is 8.09. The Morgan fingerprint density at radius 2 is 1.95 bits per heavy atom. The minimum atomic E-state index is -0.551. The van der Waals surface area contributed by atoms with E-state index in [0.29, 0.717) is 23.9 Å². The molecular formula is C14H20ClNO4. The molecule has 0 radical (unpaired) electrons. The molecule has 112 valence electrons. The molecule has 0 aliphatic carbocycles. The van der Waals surface area contributed by atoms with Crippen LogP contribution in [0.3, 0.4) is 0 Å². The Hall–Kier alpha value is -1.30. The van der Waals surface area contributed by atoms with Crippen molar-refractivity contribution >= 4 is 17.5 Å². The minimum absolute atomic E-state index is 0.0611. The van der Waals surface area contributed by atoms with Crippen molar-refractivity contribution < 1.29 is 19.0 Å². The first kappa shape index (κ1) is 16.8. The number of halogens is 1. The highest BCUT2D eigenvalue weighted by Gasteiger charge is 2.24. The molecule has 0 aromatic heterocycles. The van der Waals surface area contributed by atoms with E-state index >= 15 is 0 Å². The van der Waals surface area contributed by atoms with E-state index in [0.717, 1.165) is 0 Å². The third-order valence-electron chi connectivity index (χ3n) is 2.79. The van der Waals surface area contributed by atoms with Gasteiger partial charge in [-0.1, -0.05) is 11.6 Å². The second-order valence-electron chi connectivity index (χ2n) is 4.61. The van der Waals surface area contributed by atoms with Crippen LogP contribution in [0.4, 0.5) is 0 Å². The van der Waals surface area contributed by atoms with Gasteiger partial charge in [0.2, 0.25) is 0 Å². The lowest BCUT2D eigenvalue weighted by Crippen LogP contribution is -2.46. The van der Waals surface area contributed by atoms with E-state index in [1.165, 1.54) is 0 Å². The van der Waals surface area contributed by atoms with E-state index in [1.54, 1.807) is 38.5 Å². The van der Waals surface area contributed by atoms with Crippen LogP contribution in [0, 0.1) is 0 Å². The summed E-state index contributed by atoms with van der Waals surface area (Å²) in [4.78, 5) is 11.7. The van der Waals surface area contributed by atoms with E-state index in [2.05, 4.69) is 5.32 Å². The summed E-state index contributed by atoms with van der Waals surface area (Å²) in [6.45, 7) is 2.53. The van der Waals surface area contributed by atoms with Crippen LogP contribution in [0.5, 0.6) is 5.75 Å². The number of methoxy groups -OCH3 is 2. The van der Waals surface area contributed by atoms with E-state index in [1.807, 2.05) is 6.92 Å². The average Bonchev–Trinajstić information content (AvgIpc) is 2.45. The highest BCUT2D eigenvalue weighted by Crippen LogP contribution is 2.15. The van der Waals surface area contributed by atoms with Crippen LogP contribution in [0.25, 0.3) is 0 Å². The molecule has 1 aromatic carbocycles. The molecule has 0 fully saturated rings. The summed E-state index contributed by atoms with van der Waals surface area (Å²) in [7, 11) is 3.16. The summed E-state index contributed by atoms with van der Waals surface area (Å²) in [5.74, 6) is 0.371. The van der Waals surface area contributed by atoms with Crippen molar-refractivity contribution in [2.45, 2.75) is 12.5 Å². The van der Waals surface area contributed by atoms with Gasteiger partial charge in [0.15, 0.2) is 6.61 Å². The molecule has 1 rings (SSSR count). The summed E-state index contributed by atoms with van der Waals surface area (Å²) >= 11 is 5.76. The standard InChI is InChI=1S/C14H20ClNO4/c1-14(19-3,10-18-2)9-16-13(17)8-20-12-6-4-11(15)5-7-12/h4-7H,8-10H2,1-3H3,(H,16,17)/t14-/m1/s1. The van der Waals surface area contributed by atoms with Crippen LogP contribution in [0.1, 0.15) is 6.92 Å². The van der Waals surface area contributed by atoms with Crippen molar-refractivity contribution in [2.24, 2.45) is 0 Å². The molecule has 0 unspecified atom stereocenters. The summed E-state index contributed by atoms with van der Waals surface area (Å²) in [5, 5.41) is 3.37. The molecule has 6 heteroatoms. The molecule has 1 aromatic rings. The van der Waals surface area contributed by atoms with Crippen molar-refractivity contribution in [1.82, 2.24) is 5.32 Å². The van der Waals surface area contributed by atoms with Crippen LogP contribution in [0.15, 0.2) is 24.3 Å². The van der Waals surface area contributed by atoms with Gasteiger partial charge < -0.3 is 19.5 Å². The number of hydrogen-bond donors (Lipinski definition) is 1. The Morgan fingerprint density at radius 3 is 2.50 bits per heavy atom. The Bertz CT molecular complexity index is 424. The maximum atomic E-state index is 11.7. The lowest BCUT2D eigenvalue weighted by atomic mass is 10.1. The molecule has 1 amide bonds. The summed E-state index contributed by atoms with van der Waals surface area (Å²) in [6.07, 6.45) is 0. The van der Waals surface area contributed by atoms with E-state index in [4.69, 9.17) is 25.8 Å². The molecule has 1 atom stereocenters.